The average Bonchev–Trinajstić information content (AvgIpc) is 2.42. The van der Waals surface area contributed by atoms with Gasteiger partial charge < -0.3 is 20.1 Å². The summed E-state index contributed by atoms with van der Waals surface area (Å²) in [4.78, 5) is 14.0. The number of ether oxygens (including phenoxy) is 1. The van der Waals surface area contributed by atoms with Crippen molar-refractivity contribution < 1.29 is 14.6 Å². The number of aliphatic hydroxyl groups is 1. The third-order valence-corrected chi connectivity index (χ3v) is 4.76. The van der Waals surface area contributed by atoms with Gasteiger partial charge in [-0.05, 0) is 24.7 Å². The predicted octanol–water partition coefficient (Wildman–Crippen LogP) is 1.22. The largest absolute Gasteiger partial charge is 0.396 e. The van der Waals surface area contributed by atoms with E-state index in [0.29, 0.717) is 6.54 Å². The van der Waals surface area contributed by atoms with E-state index in [4.69, 9.17) is 4.74 Å². The van der Waals surface area contributed by atoms with Gasteiger partial charge in [0.15, 0.2) is 0 Å². The Labute approximate surface area is 115 Å². The molecule has 110 valence electrons. The smallest absolute Gasteiger partial charge is 0.317 e. The molecule has 0 unspecified atom stereocenters. The zero-order valence-electron chi connectivity index (χ0n) is 12.1. The minimum absolute atomic E-state index is 0.0239. The minimum Gasteiger partial charge on any atom is -0.396 e. The van der Waals surface area contributed by atoms with Gasteiger partial charge in [0, 0.05) is 31.7 Å². The maximum atomic E-state index is 12.1. The van der Waals surface area contributed by atoms with Crippen LogP contribution in [0.3, 0.4) is 0 Å². The molecule has 2 rings (SSSR count). The van der Waals surface area contributed by atoms with Gasteiger partial charge in [-0.1, -0.05) is 13.8 Å². The molecule has 0 saturated carbocycles. The third kappa shape index (κ3) is 3.20. The topological polar surface area (TPSA) is 61.8 Å². The number of hydrogen-bond donors (Lipinski definition) is 2. The van der Waals surface area contributed by atoms with Gasteiger partial charge in [0.25, 0.3) is 0 Å². The van der Waals surface area contributed by atoms with Crippen LogP contribution in [0.25, 0.3) is 0 Å². The normalized spacial score (nSPS) is 24.7. The lowest BCUT2D eigenvalue weighted by Crippen LogP contribution is -2.53. The number of rotatable bonds is 4. The molecule has 2 aliphatic rings. The molecule has 5 heteroatoms. The van der Waals surface area contributed by atoms with Crippen LogP contribution in [0.2, 0.25) is 0 Å². The molecule has 2 N–H and O–H groups in total. The SMILES string of the molecule is CCC1(CO)CCN(C(=O)NCC2(C)COC2)CC1. The predicted molar refractivity (Wildman–Crippen MR) is 72.9 cm³/mol. The molecule has 2 amide bonds. The van der Waals surface area contributed by atoms with Gasteiger partial charge in [-0.3, -0.25) is 0 Å². The van der Waals surface area contributed by atoms with Crippen LogP contribution in [0.5, 0.6) is 0 Å². The van der Waals surface area contributed by atoms with Crippen LogP contribution in [0.15, 0.2) is 0 Å². The van der Waals surface area contributed by atoms with Crippen LogP contribution in [-0.2, 0) is 4.74 Å². The maximum absolute atomic E-state index is 12.1. The summed E-state index contributed by atoms with van der Waals surface area (Å²) in [6.07, 6.45) is 2.77. The Morgan fingerprint density at radius 3 is 2.42 bits per heavy atom. The molecule has 2 saturated heterocycles. The summed E-state index contributed by atoms with van der Waals surface area (Å²) >= 11 is 0. The Morgan fingerprint density at radius 2 is 2.00 bits per heavy atom. The number of nitrogens with one attached hydrogen (secondary N) is 1. The molecule has 0 atom stereocenters. The van der Waals surface area contributed by atoms with E-state index in [-0.39, 0.29) is 23.5 Å². The van der Waals surface area contributed by atoms with Crippen LogP contribution in [0.1, 0.15) is 33.1 Å². The Kier molecular flexibility index (Phi) is 4.36. The van der Waals surface area contributed by atoms with Gasteiger partial charge in [-0.2, -0.15) is 0 Å². The highest BCUT2D eigenvalue weighted by Crippen LogP contribution is 2.34. The van der Waals surface area contributed by atoms with Gasteiger partial charge >= 0.3 is 6.03 Å². The number of carbonyl (C=O) groups is 1. The molecular formula is C14H26N2O3. The lowest BCUT2D eigenvalue weighted by molar-refractivity contribution is -0.0979. The number of nitrogens with zero attached hydrogens (tertiary/aromatic N) is 1. The van der Waals surface area contributed by atoms with E-state index in [1.807, 2.05) is 4.90 Å². The fraction of sp³-hybridized carbons (Fsp3) is 0.929. The number of hydrogen-bond acceptors (Lipinski definition) is 3. The number of likely N-dealkylation sites (tertiary alicyclic amines) is 1. The first-order valence-corrected chi connectivity index (χ1v) is 7.24. The summed E-state index contributed by atoms with van der Waals surface area (Å²) in [5.41, 5.74) is 0.147. The Morgan fingerprint density at radius 1 is 1.37 bits per heavy atom. The van der Waals surface area contributed by atoms with Crippen molar-refractivity contribution in [2.75, 3.05) is 39.5 Å². The highest BCUT2D eigenvalue weighted by Gasteiger charge is 2.36. The summed E-state index contributed by atoms with van der Waals surface area (Å²) in [6, 6.07) is 0.0239. The van der Waals surface area contributed by atoms with Crippen LogP contribution in [0, 0.1) is 10.8 Å². The first-order chi connectivity index (χ1) is 9.02. The maximum Gasteiger partial charge on any atom is 0.317 e. The molecule has 0 aliphatic carbocycles. The number of piperidine rings is 1. The van der Waals surface area contributed by atoms with E-state index in [1.54, 1.807) is 0 Å². The summed E-state index contributed by atoms with van der Waals surface area (Å²) < 4.78 is 5.18. The fourth-order valence-corrected chi connectivity index (χ4v) is 2.76. The van der Waals surface area contributed by atoms with Crippen molar-refractivity contribution in [2.45, 2.75) is 33.1 Å². The van der Waals surface area contributed by atoms with Crippen molar-refractivity contribution >= 4 is 6.03 Å². The van der Waals surface area contributed by atoms with E-state index in [1.165, 1.54) is 0 Å². The van der Waals surface area contributed by atoms with Gasteiger partial charge in [0.2, 0.25) is 0 Å². The molecule has 0 aromatic heterocycles. The van der Waals surface area contributed by atoms with Crippen molar-refractivity contribution in [2.24, 2.45) is 10.8 Å². The zero-order valence-corrected chi connectivity index (χ0v) is 12.1. The molecule has 0 aromatic carbocycles. The van der Waals surface area contributed by atoms with Crippen molar-refractivity contribution in [3.63, 3.8) is 0 Å². The summed E-state index contributed by atoms with van der Waals surface area (Å²) in [5, 5.41) is 12.5. The second-order valence-electron chi connectivity index (χ2n) is 6.46. The molecule has 2 aliphatic heterocycles. The molecule has 2 fully saturated rings. The van der Waals surface area contributed by atoms with Gasteiger partial charge in [0.05, 0.1) is 13.2 Å². The van der Waals surface area contributed by atoms with Gasteiger partial charge in [-0.25, -0.2) is 4.79 Å². The van der Waals surface area contributed by atoms with E-state index < -0.39 is 0 Å². The van der Waals surface area contributed by atoms with Crippen molar-refractivity contribution in [3.05, 3.63) is 0 Å². The Bertz CT molecular complexity index is 315. The van der Waals surface area contributed by atoms with Crippen LogP contribution >= 0.6 is 0 Å². The molecule has 5 nitrogen and oxygen atoms in total. The molecule has 0 radical (unpaired) electrons. The monoisotopic (exact) mass is 270 g/mol. The number of amides is 2. The highest BCUT2D eigenvalue weighted by molar-refractivity contribution is 5.74. The standard InChI is InChI=1S/C14H26N2O3/c1-3-14(9-17)4-6-16(7-5-14)12(18)15-8-13(2)10-19-11-13/h17H,3-11H2,1-2H3,(H,15,18). The third-order valence-electron chi connectivity index (χ3n) is 4.76. The zero-order chi connectivity index (χ0) is 13.9. The molecule has 0 spiro atoms. The second-order valence-corrected chi connectivity index (χ2v) is 6.46. The average molecular weight is 270 g/mol. The van der Waals surface area contributed by atoms with Crippen LogP contribution < -0.4 is 5.32 Å². The first kappa shape index (κ1) is 14.6. The van der Waals surface area contributed by atoms with Crippen LogP contribution in [-0.4, -0.2) is 55.5 Å². The molecular weight excluding hydrogens is 244 g/mol. The van der Waals surface area contributed by atoms with Crippen molar-refractivity contribution in [3.8, 4) is 0 Å². The fourth-order valence-electron chi connectivity index (χ4n) is 2.76. The van der Waals surface area contributed by atoms with Crippen molar-refractivity contribution in [1.82, 2.24) is 10.2 Å². The molecule has 2 heterocycles. The van der Waals surface area contributed by atoms with E-state index in [2.05, 4.69) is 19.2 Å². The summed E-state index contributed by atoms with van der Waals surface area (Å²) in [6.45, 7) is 8.11. The number of aliphatic hydroxyl groups excluding tert-OH is 1. The van der Waals surface area contributed by atoms with Gasteiger partial charge in [-0.15, -0.1) is 0 Å². The minimum atomic E-state index is 0.0239. The summed E-state index contributed by atoms with van der Waals surface area (Å²) in [5.74, 6) is 0. The highest BCUT2D eigenvalue weighted by atomic mass is 16.5. The lowest BCUT2D eigenvalue weighted by atomic mass is 9.77. The lowest BCUT2D eigenvalue weighted by Gasteiger charge is -2.41. The molecule has 19 heavy (non-hydrogen) atoms. The Balaban J connectivity index is 1.76. The first-order valence-electron chi connectivity index (χ1n) is 7.24. The number of carbonyl (C=O) groups excluding carboxylic acids is 1. The number of urea groups is 1. The van der Waals surface area contributed by atoms with Gasteiger partial charge in [0.1, 0.15) is 0 Å². The van der Waals surface area contributed by atoms with Crippen molar-refractivity contribution in [1.29, 1.82) is 0 Å². The molecule has 0 aromatic rings. The van der Waals surface area contributed by atoms with Crippen LogP contribution in [0.4, 0.5) is 4.79 Å². The van der Waals surface area contributed by atoms with E-state index >= 15 is 0 Å². The molecule has 0 bridgehead atoms. The second kappa shape index (κ2) is 5.67. The Hall–Kier alpha value is -0.810. The summed E-state index contributed by atoms with van der Waals surface area (Å²) in [7, 11) is 0. The van der Waals surface area contributed by atoms with E-state index in [9.17, 15) is 9.90 Å². The quantitative estimate of drug-likeness (QED) is 0.807. The van der Waals surface area contributed by atoms with E-state index in [0.717, 1.165) is 45.6 Å².